The second kappa shape index (κ2) is 8.08. The Bertz CT molecular complexity index is 939. The molecule has 140 valence electrons. The average molecular weight is 389 g/mol. The number of aromatic nitrogens is 4. The quantitative estimate of drug-likeness (QED) is 0.316. The molecule has 0 saturated heterocycles. The molecule has 0 amide bonds. The predicted molar refractivity (Wildman–Crippen MR) is 93.8 cm³/mol. The predicted octanol–water partition coefficient (Wildman–Crippen LogP) is 2.20. The number of ether oxygens (including phenoxy) is 1. The van der Waals surface area contributed by atoms with Crippen molar-refractivity contribution in [2.24, 2.45) is 7.05 Å². The molecule has 1 heterocycles. The number of aryl methyl sites for hydroxylation is 1. The van der Waals surface area contributed by atoms with E-state index in [-0.39, 0.29) is 22.8 Å². The van der Waals surface area contributed by atoms with Crippen LogP contribution in [0.2, 0.25) is 0 Å². The number of carbonyl (C=O) groups is 2. The normalized spacial score (nSPS) is 14.0. The Balaban J connectivity index is 1.77. The molecule has 0 fully saturated rings. The number of tetrazole rings is 1. The van der Waals surface area contributed by atoms with E-state index in [2.05, 4.69) is 15.5 Å². The first-order chi connectivity index (χ1) is 12.9. The minimum atomic E-state index is -0.848. The maximum atomic E-state index is 12.3. The molecule has 1 aliphatic carbocycles. The summed E-state index contributed by atoms with van der Waals surface area (Å²) in [5.41, 5.74) is 0.128. The Labute approximate surface area is 157 Å². The highest BCUT2D eigenvalue weighted by molar-refractivity contribution is 7.98. The molecule has 0 radical (unpaired) electrons. The van der Waals surface area contributed by atoms with Crippen LogP contribution in [0.3, 0.4) is 0 Å². The molecule has 0 N–H and O–H groups in total. The summed E-state index contributed by atoms with van der Waals surface area (Å²) in [5, 5.41) is 23.0. The zero-order valence-electron chi connectivity index (χ0n) is 14.3. The summed E-state index contributed by atoms with van der Waals surface area (Å²) in [7, 11) is 1.69. The van der Waals surface area contributed by atoms with Gasteiger partial charge in [0.2, 0.25) is 5.16 Å². The van der Waals surface area contributed by atoms with Gasteiger partial charge in [-0.3, -0.25) is 14.9 Å². The Hall–Kier alpha value is -3.08. The lowest BCUT2D eigenvalue weighted by molar-refractivity contribution is -0.385. The van der Waals surface area contributed by atoms with Crippen molar-refractivity contribution in [1.29, 1.82) is 0 Å². The number of thioether (sulfide) groups is 1. The van der Waals surface area contributed by atoms with E-state index in [0.717, 1.165) is 0 Å². The molecule has 0 spiro atoms. The molecule has 2 aromatic rings. The zero-order valence-corrected chi connectivity index (χ0v) is 15.1. The highest BCUT2D eigenvalue weighted by atomic mass is 32.2. The highest BCUT2D eigenvalue weighted by Gasteiger charge is 2.24. The van der Waals surface area contributed by atoms with Crippen LogP contribution in [0.15, 0.2) is 35.2 Å². The van der Waals surface area contributed by atoms with Gasteiger partial charge in [0, 0.05) is 37.8 Å². The molecule has 0 saturated carbocycles. The van der Waals surface area contributed by atoms with Crippen molar-refractivity contribution >= 4 is 29.2 Å². The number of carbonyl (C=O) groups excluding carboxylic acids is 2. The number of esters is 1. The van der Waals surface area contributed by atoms with E-state index >= 15 is 0 Å². The van der Waals surface area contributed by atoms with Crippen LogP contribution >= 0.6 is 11.8 Å². The molecule has 27 heavy (non-hydrogen) atoms. The van der Waals surface area contributed by atoms with Crippen molar-refractivity contribution < 1.29 is 19.2 Å². The molecule has 11 heteroatoms. The third-order valence-corrected chi connectivity index (χ3v) is 4.90. The van der Waals surface area contributed by atoms with Crippen molar-refractivity contribution in [3.05, 3.63) is 51.3 Å². The van der Waals surface area contributed by atoms with Gasteiger partial charge in [-0.25, -0.2) is 9.48 Å². The first kappa shape index (κ1) is 18.7. The van der Waals surface area contributed by atoms with Gasteiger partial charge in [-0.2, -0.15) is 0 Å². The number of hydrogen-bond acceptors (Lipinski definition) is 9. The Morgan fingerprint density at radius 1 is 1.41 bits per heavy atom. The van der Waals surface area contributed by atoms with Crippen LogP contribution in [0.4, 0.5) is 5.69 Å². The van der Waals surface area contributed by atoms with E-state index in [1.54, 1.807) is 13.1 Å². The molecule has 1 aromatic carbocycles. The van der Waals surface area contributed by atoms with Crippen LogP contribution in [0.25, 0.3) is 0 Å². The smallest absolute Gasteiger partial charge is 0.350 e. The van der Waals surface area contributed by atoms with Crippen LogP contribution in [0, 0.1) is 10.1 Å². The van der Waals surface area contributed by atoms with Crippen LogP contribution in [-0.2, 0) is 22.3 Å². The monoisotopic (exact) mass is 389 g/mol. The van der Waals surface area contributed by atoms with Crippen LogP contribution < -0.4 is 0 Å². The minimum absolute atomic E-state index is 0.121. The lowest BCUT2D eigenvalue weighted by Gasteiger charge is -2.12. The van der Waals surface area contributed by atoms with E-state index in [0.29, 0.717) is 35.7 Å². The number of benzene rings is 1. The summed E-state index contributed by atoms with van der Waals surface area (Å²) in [6.07, 6.45) is 2.72. The summed E-state index contributed by atoms with van der Waals surface area (Å²) >= 11 is 1.31. The molecule has 0 aliphatic heterocycles. The molecule has 3 rings (SSSR count). The summed E-state index contributed by atoms with van der Waals surface area (Å²) in [6.45, 7) is 0. The van der Waals surface area contributed by atoms with Gasteiger partial charge in [-0.05, 0) is 28.5 Å². The van der Waals surface area contributed by atoms with E-state index in [4.69, 9.17) is 4.74 Å². The lowest BCUT2D eigenvalue weighted by Crippen LogP contribution is -2.12. The van der Waals surface area contributed by atoms with Gasteiger partial charge in [0.05, 0.1) is 4.92 Å². The number of nitro groups is 1. The molecule has 1 aliphatic rings. The van der Waals surface area contributed by atoms with Crippen molar-refractivity contribution in [3.8, 4) is 0 Å². The van der Waals surface area contributed by atoms with Crippen molar-refractivity contribution in [3.63, 3.8) is 0 Å². The summed E-state index contributed by atoms with van der Waals surface area (Å²) < 4.78 is 6.67. The van der Waals surface area contributed by atoms with Crippen molar-refractivity contribution in [2.45, 2.75) is 30.2 Å². The number of nitro benzene ring substituents is 1. The standard InChI is InChI=1S/C16H15N5O5S/c1-20-16(17-18-19-20)27-9-10-5-6-13(14(7-10)21(24)25)15(23)26-12-4-2-3-11(22)8-12/h5-8H,2-4,9H2,1H3. The highest BCUT2D eigenvalue weighted by Crippen LogP contribution is 2.27. The zero-order chi connectivity index (χ0) is 19.4. The molecule has 10 nitrogen and oxygen atoms in total. The Kier molecular flexibility index (Phi) is 5.60. The lowest BCUT2D eigenvalue weighted by atomic mass is 10.1. The van der Waals surface area contributed by atoms with E-state index < -0.39 is 10.9 Å². The van der Waals surface area contributed by atoms with E-state index in [9.17, 15) is 19.7 Å². The van der Waals surface area contributed by atoms with Crippen molar-refractivity contribution in [2.75, 3.05) is 0 Å². The van der Waals surface area contributed by atoms with Crippen molar-refractivity contribution in [1.82, 2.24) is 20.2 Å². The van der Waals surface area contributed by atoms with Gasteiger partial charge >= 0.3 is 5.97 Å². The largest absolute Gasteiger partial charge is 0.427 e. The van der Waals surface area contributed by atoms with Crippen LogP contribution in [-0.4, -0.2) is 36.9 Å². The fraction of sp³-hybridized carbons (Fsp3) is 0.312. The summed E-state index contributed by atoms with van der Waals surface area (Å²) in [5.74, 6) is -0.340. The van der Waals surface area contributed by atoms with E-state index in [1.807, 2.05) is 0 Å². The number of allylic oxidation sites excluding steroid dienone is 2. The Morgan fingerprint density at radius 2 is 2.22 bits per heavy atom. The molecular formula is C16H15N5O5S. The second-order valence-electron chi connectivity index (χ2n) is 5.80. The fourth-order valence-corrected chi connectivity index (χ4v) is 3.29. The summed E-state index contributed by atoms with van der Waals surface area (Å²) in [6, 6.07) is 4.30. The van der Waals surface area contributed by atoms with E-state index in [1.165, 1.54) is 34.7 Å². The average Bonchev–Trinajstić information content (AvgIpc) is 3.04. The van der Waals surface area contributed by atoms with Crippen LogP contribution in [0.1, 0.15) is 35.2 Å². The topological polar surface area (TPSA) is 130 Å². The van der Waals surface area contributed by atoms with Gasteiger partial charge in [0.1, 0.15) is 11.3 Å². The van der Waals surface area contributed by atoms with Gasteiger partial charge < -0.3 is 4.74 Å². The molecule has 0 bridgehead atoms. The maximum absolute atomic E-state index is 12.3. The van der Waals surface area contributed by atoms with Gasteiger partial charge in [0.15, 0.2) is 5.78 Å². The molecule has 0 atom stereocenters. The number of rotatable bonds is 6. The second-order valence-corrected chi connectivity index (χ2v) is 6.74. The van der Waals surface area contributed by atoms with Gasteiger partial charge in [0.25, 0.3) is 5.69 Å². The summed E-state index contributed by atoms with van der Waals surface area (Å²) in [4.78, 5) is 34.5. The first-order valence-corrected chi connectivity index (χ1v) is 9.00. The Morgan fingerprint density at radius 3 is 2.89 bits per heavy atom. The molecular weight excluding hydrogens is 374 g/mol. The third-order valence-electron chi connectivity index (χ3n) is 3.82. The maximum Gasteiger partial charge on any atom is 0.350 e. The van der Waals surface area contributed by atoms with Gasteiger partial charge in [-0.1, -0.05) is 17.8 Å². The number of hydrogen-bond donors (Lipinski definition) is 0. The fourth-order valence-electron chi connectivity index (χ4n) is 2.50. The number of nitrogens with zero attached hydrogens (tertiary/aromatic N) is 5. The third kappa shape index (κ3) is 4.56. The van der Waals surface area contributed by atoms with Gasteiger partial charge in [-0.15, -0.1) is 5.10 Å². The minimum Gasteiger partial charge on any atom is -0.427 e. The molecule has 0 unspecified atom stereocenters. The SMILES string of the molecule is Cn1nnnc1SCc1ccc(C(=O)OC2=CC(=O)CCC2)c([N+](=O)[O-])c1. The van der Waals surface area contributed by atoms with Crippen LogP contribution in [0.5, 0.6) is 0 Å². The molecule has 1 aromatic heterocycles. The number of ketones is 1. The first-order valence-electron chi connectivity index (χ1n) is 8.02.